The molecule has 2 N–H and O–H groups in total. The molecule has 1 aromatic heterocycles. The van der Waals surface area contributed by atoms with Crippen molar-refractivity contribution in [1.82, 2.24) is 9.97 Å². The summed E-state index contributed by atoms with van der Waals surface area (Å²) in [6, 6.07) is 11.7. The number of hydrogen-bond donors (Lipinski definition) is 2. The molecule has 5 heteroatoms. The van der Waals surface area contributed by atoms with E-state index in [1.54, 1.807) is 0 Å². The first-order valence-electron chi connectivity index (χ1n) is 6.26. The summed E-state index contributed by atoms with van der Waals surface area (Å²) in [6.07, 6.45) is 0. The fourth-order valence-electron chi connectivity index (χ4n) is 2.10. The first-order chi connectivity index (χ1) is 9.61. The van der Waals surface area contributed by atoms with Gasteiger partial charge in [0.05, 0.1) is 21.1 Å². The molecule has 3 aromatic rings. The van der Waals surface area contributed by atoms with Gasteiger partial charge < -0.3 is 10.3 Å². The van der Waals surface area contributed by atoms with E-state index in [2.05, 4.69) is 15.3 Å². The van der Waals surface area contributed by atoms with Crippen molar-refractivity contribution in [2.45, 2.75) is 13.5 Å². The minimum atomic E-state index is 0.574. The SMILES string of the molecule is Cc1nc2ccc(NCc3ccc(Cl)c(Cl)c3)cc2[nH]1. The number of aryl methyl sites for hydroxylation is 1. The van der Waals surface area contributed by atoms with E-state index in [4.69, 9.17) is 23.2 Å². The van der Waals surface area contributed by atoms with Crippen LogP contribution in [0.4, 0.5) is 5.69 Å². The van der Waals surface area contributed by atoms with Gasteiger partial charge in [0, 0.05) is 12.2 Å². The third-order valence-corrected chi connectivity index (χ3v) is 3.82. The van der Waals surface area contributed by atoms with Gasteiger partial charge in [0.1, 0.15) is 5.82 Å². The predicted molar refractivity (Wildman–Crippen MR) is 84.6 cm³/mol. The zero-order valence-corrected chi connectivity index (χ0v) is 12.4. The zero-order chi connectivity index (χ0) is 14.1. The predicted octanol–water partition coefficient (Wildman–Crippen LogP) is 4.79. The molecular weight excluding hydrogens is 293 g/mol. The third-order valence-electron chi connectivity index (χ3n) is 3.08. The van der Waals surface area contributed by atoms with Gasteiger partial charge in [-0.15, -0.1) is 0 Å². The van der Waals surface area contributed by atoms with E-state index < -0.39 is 0 Å². The quantitative estimate of drug-likeness (QED) is 0.730. The van der Waals surface area contributed by atoms with Gasteiger partial charge in [-0.25, -0.2) is 4.98 Å². The Kier molecular flexibility index (Phi) is 3.55. The van der Waals surface area contributed by atoms with Crippen LogP contribution in [0.15, 0.2) is 36.4 Å². The molecule has 0 spiro atoms. The molecule has 0 amide bonds. The molecule has 0 saturated heterocycles. The summed E-state index contributed by atoms with van der Waals surface area (Å²) in [6.45, 7) is 2.64. The molecule has 20 heavy (non-hydrogen) atoms. The van der Waals surface area contributed by atoms with Gasteiger partial charge in [-0.05, 0) is 42.8 Å². The van der Waals surface area contributed by atoms with Crippen molar-refractivity contribution >= 4 is 39.9 Å². The molecule has 3 nitrogen and oxygen atoms in total. The number of imidazole rings is 1. The van der Waals surface area contributed by atoms with Crippen molar-refractivity contribution in [3.05, 3.63) is 57.8 Å². The average molecular weight is 306 g/mol. The van der Waals surface area contributed by atoms with E-state index >= 15 is 0 Å². The number of aromatic amines is 1. The first kappa shape index (κ1) is 13.3. The topological polar surface area (TPSA) is 40.7 Å². The van der Waals surface area contributed by atoms with Crippen LogP contribution < -0.4 is 5.32 Å². The van der Waals surface area contributed by atoms with E-state index in [0.29, 0.717) is 16.6 Å². The van der Waals surface area contributed by atoms with Crippen LogP contribution in [-0.4, -0.2) is 9.97 Å². The Bertz CT molecular complexity index is 765. The Morgan fingerprint density at radius 1 is 1.10 bits per heavy atom. The van der Waals surface area contributed by atoms with Crippen molar-refractivity contribution < 1.29 is 0 Å². The standard InChI is InChI=1S/C15H13Cl2N3/c1-9-19-14-5-3-11(7-15(14)20-9)18-8-10-2-4-12(16)13(17)6-10/h2-7,18H,8H2,1H3,(H,19,20). The van der Waals surface area contributed by atoms with Crippen molar-refractivity contribution in [3.63, 3.8) is 0 Å². The van der Waals surface area contributed by atoms with Crippen LogP contribution in [0.2, 0.25) is 10.0 Å². The average Bonchev–Trinajstić information content (AvgIpc) is 2.79. The van der Waals surface area contributed by atoms with Gasteiger partial charge in [-0.1, -0.05) is 29.3 Å². The summed E-state index contributed by atoms with van der Waals surface area (Å²) >= 11 is 11.9. The second-order valence-corrected chi connectivity index (χ2v) is 5.47. The van der Waals surface area contributed by atoms with Gasteiger partial charge in [0.25, 0.3) is 0 Å². The number of H-pyrrole nitrogens is 1. The number of fused-ring (bicyclic) bond motifs is 1. The van der Waals surface area contributed by atoms with Crippen molar-refractivity contribution in [2.24, 2.45) is 0 Å². The maximum Gasteiger partial charge on any atom is 0.104 e. The van der Waals surface area contributed by atoms with Crippen LogP contribution in [0.3, 0.4) is 0 Å². The zero-order valence-electron chi connectivity index (χ0n) is 10.9. The van der Waals surface area contributed by atoms with E-state index in [0.717, 1.165) is 28.1 Å². The fraction of sp³-hybridized carbons (Fsp3) is 0.133. The van der Waals surface area contributed by atoms with Crippen LogP contribution >= 0.6 is 23.2 Å². The number of nitrogens with zero attached hydrogens (tertiary/aromatic N) is 1. The maximum absolute atomic E-state index is 6.00. The Labute approximate surface area is 126 Å². The molecule has 3 rings (SSSR count). The van der Waals surface area contributed by atoms with E-state index in [1.807, 2.05) is 43.3 Å². The molecule has 102 valence electrons. The summed E-state index contributed by atoms with van der Waals surface area (Å²) in [5, 5.41) is 4.51. The number of aromatic nitrogens is 2. The molecule has 0 radical (unpaired) electrons. The highest BCUT2D eigenvalue weighted by molar-refractivity contribution is 6.42. The number of halogens is 2. The Hall–Kier alpha value is -1.71. The summed E-state index contributed by atoms with van der Waals surface area (Å²) < 4.78 is 0. The van der Waals surface area contributed by atoms with Crippen LogP contribution in [0.25, 0.3) is 11.0 Å². The van der Waals surface area contributed by atoms with E-state index in [-0.39, 0.29) is 0 Å². The number of anilines is 1. The fourth-order valence-corrected chi connectivity index (χ4v) is 2.42. The second kappa shape index (κ2) is 5.35. The summed E-state index contributed by atoms with van der Waals surface area (Å²) in [7, 11) is 0. The largest absolute Gasteiger partial charge is 0.381 e. The van der Waals surface area contributed by atoms with Gasteiger partial charge in [-0.2, -0.15) is 0 Å². The molecule has 0 bridgehead atoms. The third kappa shape index (κ3) is 2.74. The van der Waals surface area contributed by atoms with Gasteiger partial charge in [0.15, 0.2) is 0 Å². The van der Waals surface area contributed by atoms with Crippen molar-refractivity contribution in [3.8, 4) is 0 Å². The lowest BCUT2D eigenvalue weighted by Crippen LogP contribution is -1.99. The first-order valence-corrected chi connectivity index (χ1v) is 7.01. The van der Waals surface area contributed by atoms with Crippen LogP contribution in [0, 0.1) is 6.92 Å². The van der Waals surface area contributed by atoms with Crippen molar-refractivity contribution in [2.75, 3.05) is 5.32 Å². The highest BCUT2D eigenvalue weighted by atomic mass is 35.5. The molecular formula is C15H13Cl2N3. The van der Waals surface area contributed by atoms with Crippen molar-refractivity contribution in [1.29, 1.82) is 0 Å². The Morgan fingerprint density at radius 3 is 2.75 bits per heavy atom. The Balaban J connectivity index is 1.77. The summed E-state index contributed by atoms with van der Waals surface area (Å²) in [5.41, 5.74) is 4.12. The normalized spacial score (nSPS) is 10.9. The van der Waals surface area contributed by atoms with E-state index in [9.17, 15) is 0 Å². The highest BCUT2D eigenvalue weighted by Gasteiger charge is 2.02. The summed E-state index contributed by atoms with van der Waals surface area (Å²) in [4.78, 5) is 7.60. The lowest BCUT2D eigenvalue weighted by Gasteiger charge is -2.07. The Morgan fingerprint density at radius 2 is 1.95 bits per heavy atom. The van der Waals surface area contributed by atoms with Gasteiger partial charge in [-0.3, -0.25) is 0 Å². The highest BCUT2D eigenvalue weighted by Crippen LogP contribution is 2.23. The second-order valence-electron chi connectivity index (χ2n) is 4.66. The lowest BCUT2D eigenvalue weighted by molar-refractivity contribution is 1.15. The number of nitrogens with one attached hydrogen (secondary N) is 2. The molecule has 0 atom stereocenters. The van der Waals surface area contributed by atoms with Crippen LogP contribution in [0.1, 0.15) is 11.4 Å². The molecule has 0 aliphatic heterocycles. The molecule has 1 heterocycles. The molecule has 0 saturated carbocycles. The minimum Gasteiger partial charge on any atom is -0.381 e. The lowest BCUT2D eigenvalue weighted by atomic mass is 10.2. The number of benzene rings is 2. The number of hydrogen-bond acceptors (Lipinski definition) is 2. The maximum atomic E-state index is 6.00. The van der Waals surface area contributed by atoms with Crippen LogP contribution in [-0.2, 0) is 6.54 Å². The van der Waals surface area contributed by atoms with Crippen LogP contribution in [0.5, 0.6) is 0 Å². The summed E-state index contributed by atoms with van der Waals surface area (Å²) in [5.74, 6) is 0.918. The van der Waals surface area contributed by atoms with Gasteiger partial charge in [0.2, 0.25) is 0 Å². The molecule has 0 unspecified atom stereocenters. The minimum absolute atomic E-state index is 0.574. The van der Waals surface area contributed by atoms with Gasteiger partial charge >= 0.3 is 0 Å². The molecule has 0 aliphatic carbocycles. The molecule has 2 aromatic carbocycles. The van der Waals surface area contributed by atoms with E-state index in [1.165, 1.54) is 0 Å². The monoisotopic (exact) mass is 305 g/mol. The number of rotatable bonds is 3. The smallest absolute Gasteiger partial charge is 0.104 e. The molecule has 0 fully saturated rings. The molecule has 0 aliphatic rings.